The van der Waals surface area contributed by atoms with Gasteiger partial charge in [-0.05, 0) is 24.7 Å². The minimum atomic E-state index is -1.08. The van der Waals surface area contributed by atoms with Crippen LogP contribution in [0.3, 0.4) is 0 Å². The molecule has 0 aliphatic carbocycles. The predicted octanol–water partition coefficient (Wildman–Crippen LogP) is 2.38. The molecular formula is C15H19NO3S2. The van der Waals surface area contributed by atoms with Crippen LogP contribution in [0.1, 0.15) is 18.9 Å². The van der Waals surface area contributed by atoms with Crippen LogP contribution in [0.25, 0.3) is 0 Å². The first-order valence-electron chi connectivity index (χ1n) is 6.82. The topological polar surface area (TPSA) is 66.4 Å². The molecule has 1 fully saturated rings. The van der Waals surface area contributed by atoms with E-state index in [2.05, 4.69) is 5.32 Å². The van der Waals surface area contributed by atoms with Crippen LogP contribution in [0, 0.1) is 0 Å². The maximum Gasteiger partial charge on any atom is 0.330 e. The smallest absolute Gasteiger partial charge is 0.330 e. The van der Waals surface area contributed by atoms with Gasteiger partial charge in [-0.15, -0.1) is 11.8 Å². The minimum Gasteiger partial charge on any atom is -0.479 e. The molecule has 0 radical (unpaired) electrons. The third-order valence-corrected chi connectivity index (χ3v) is 5.91. The zero-order valence-corrected chi connectivity index (χ0v) is 13.5. The van der Waals surface area contributed by atoms with Gasteiger partial charge in [0.25, 0.3) is 0 Å². The van der Waals surface area contributed by atoms with Crippen molar-refractivity contribution in [1.82, 2.24) is 5.32 Å². The number of carboxylic acid groups (broad SMARTS) is 1. The maximum atomic E-state index is 12.2. The van der Waals surface area contributed by atoms with Crippen LogP contribution < -0.4 is 5.32 Å². The summed E-state index contributed by atoms with van der Waals surface area (Å²) in [6.45, 7) is 1.82. The molecule has 2 rings (SSSR count). The predicted molar refractivity (Wildman–Crippen MR) is 87.7 cm³/mol. The van der Waals surface area contributed by atoms with E-state index in [0.717, 1.165) is 17.1 Å². The molecule has 2 N–H and O–H groups in total. The lowest BCUT2D eigenvalue weighted by Crippen LogP contribution is -2.56. The second kappa shape index (κ2) is 7.22. The maximum absolute atomic E-state index is 12.2. The average Bonchev–Trinajstić information content (AvgIpc) is 2.95. The molecule has 0 saturated carbocycles. The summed E-state index contributed by atoms with van der Waals surface area (Å²) in [6.07, 6.45) is 0.495. The molecule has 1 aromatic rings. The summed E-state index contributed by atoms with van der Waals surface area (Å²) in [6, 6.07) is 9.93. The number of aliphatic carboxylic acids is 1. The molecule has 114 valence electrons. The number of rotatable bonds is 6. The summed E-state index contributed by atoms with van der Waals surface area (Å²) >= 11 is 3.09. The lowest BCUT2D eigenvalue weighted by Gasteiger charge is -2.26. The van der Waals surface area contributed by atoms with E-state index in [0.29, 0.717) is 12.2 Å². The number of carbonyl (C=O) groups excluding carboxylic acids is 1. The summed E-state index contributed by atoms with van der Waals surface area (Å²) < 4.78 is 0. The summed E-state index contributed by atoms with van der Waals surface area (Å²) in [5, 5.41) is 11.8. The van der Waals surface area contributed by atoms with Gasteiger partial charge in [-0.3, -0.25) is 4.79 Å². The largest absolute Gasteiger partial charge is 0.479 e. The molecule has 0 bridgehead atoms. The number of nitrogens with one attached hydrogen (secondary N) is 1. The van der Waals surface area contributed by atoms with Crippen LogP contribution in [-0.2, 0) is 15.3 Å². The molecule has 0 aromatic heterocycles. The molecule has 1 saturated heterocycles. The second-order valence-electron chi connectivity index (χ2n) is 5.12. The number of hydrogen-bond donors (Lipinski definition) is 2. The van der Waals surface area contributed by atoms with Crippen molar-refractivity contribution in [1.29, 1.82) is 0 Å². The molecule has 0 spiro atoms. The van der Waals surface area contributed by atoms with E-state index in [-0.39, 0.29) is 11.2 Å². The molecule has 1 aliphatic heterocycles. The normalized spacial score (nSPS) is 22.7. The van der Waals surface area contributed by atoms with Crippen LogP contribution in [0.5, 0.6) is 0 Å². The lowest BCUT2D eigenvalue weighted by molar-refractivity contribution is -0.146. The van der Waals surface area contributed by atoms with Gasteiger partial charge in [0.2, 0.25) is 5.91 Å². The van der Waals surface area contributed by atoms with Crippen molar-refractivity contribution in [2.75, 3.05) is 11.5 Å². The second-order valence-corrected chi connectivity index (χ2v) is 7.55. The fourth-order valence-electron chi connectivity index (χ4n) is 2.09. The molecule has 1 aliphatic rings. The molecule has 1 aromatic carbocycles. The number of carboxylic acids is 1. The monoisotopic (exact) mass is 325 g/mol. The number of carbonyl (C=O) groups is 2. The summed E-state index contributed by atoms with van der Waals surface area (Å²) in [7, 11) is 0. The highest BCUT2D eigenvalue weighted by Gasteiger charge is 2.43. The van der Waals surface area contributed by atoms with Crippen molar-refractivity contribution in [2.45, 2.75) is 29.9 Å². The van der Waals surface area contributed by atoms with Crippen LogP contribution in [-0.4, -0.2) is 39.3 Å². The minimum absolute atomic E-state index is 0.194. The molecule has 1 heterocycles. The van der Waals surface area contributed by atoms with Gasteiger partial charge in [-0.25, -0.2) is 4.79 Å². The van der Waals surface area contributed by atoms with Crippen molar-refractivity contribution in [3.63, 3.8) is 0 Å². The van der Waals surface area contributed by atoms with E-state index in [1.165, 1.54) is 11.8 Å². The molecular weight excluding hydrogens is 306 g/mol. The molecule has 2 unspecified atom stereocenters. The summed E-state index contributed by atoms with van der Waals surface area (Å²) in [5.41, 5.74) is 0.0788. The van der Waals surface area contributed by atoms with Crippen molar-refractivity contribution in [3.05, 3.63) is 35.9 Å². The zero-order valence-electron chi connectivity index (χ0n) is 11.9. The van der Waals surface area contributed by atoms with Gasteiger partial charge in [0, 0.05) is 11.5 Å². The quantitative estimate of drug-likeness (QED) is 0.840. The number of amides is 1. The van der Waals surface area contributed by atoms with Crippen molar-refractivity contribution < 1.29 is 14.7 Å². The van der Waals surface area contributed by atoms with Gasteiger partial charge in [0.1, 0.15) is 5.54 Å². The highest BCUT2D eigenvalue weighted by Crippen LogP contribution is 2.29. The van der Waals surface area contributed by atoms with Gasteiger partial charge in [0.05, 0.1) is 5.25 Å². The van der Waals surface area contributed by atoms with Crippen LogP contribution in [0.2, 0.25) is 0 Å². The Hall–Kier alpha value is -1.14. The Morgan fingerprint density at radius 1 is 1.43 bits per heavy atom. The molecule has 1 amide bonds. The highest BCUT2D eigenvalue weighted by molar-refractivity contribution is 8.00. The van der Waals surface area contributed by atoms with Crippen LogP contribution in [0.4, 0.5) is 0 Å². The van der Waals surface area contributed by atoms with Crippen LogP contribution >= 0.6 is 23.5 Å². The van der Waals surface area contributed by atoms with Crippen LogP contribution in [0.15, 0.2) is 30.3 Å². The van der Waals surface area contributed by atoms with E-state index in [1.54, 1.807) is 11.8 Å². The Morgan fingerprint density at radius 2 is 2.14 bits per heavy atom. The first-order valence-corrected chi connectivity index (χ1v) is 9.02. The zero-order chi connectivity index (χ0) is 15.3. The Bertz CT molecular complexity index is 501. The number of benzene rings is 1. The summed E-state index contributed by atoms with van der Waals surface area (Å²) in [4.78, 5) is 23.7. The Labute approximate surface area is 133 Å². The first-order chi connectivity index (χ1) is 10.0. The molecule has 4 nitrogen and oxygen atoms in total. The van der Waals surface area contributed by atoms with Crippen molar-refractivity contribution >= 4 is 35.4 Å². The van der Waals surface area contributed by atoms with E-state index in [1.807, 2.05) is 37.3 Å². The molecule has 2 atom stereocenters. The lowest BCUT2D eigenvalue weighted by atomic mass is 9.99. The average molecular weight is 325 g/mol. The fraction of sp³-hybridized carbons (Fsp3) is 0.467. The van der Waals surface area contributed by atoms with E-state index in [9.17, 15) is 14.7 Å². The van der Waals surface area contributed by atoms with Crippen molar-refractivity contribution in [3.8, 4) is 0 Å². The molecule has 6 heteroatoms. The standard InChI is InChI=1S/C15H19NO3S2/c1-11(21-9-12-5-3-2-4-6-12)13(17)16-15(14(18)19)7-8-20-10-15/h2-6,11H,7-10H2,1H3,(H,16,17)(H,18,19). The van der Waals surface area contributed by atoms with Gasteiger partial charge in [0.15, 0.2) is 0 Å². The Balaban J connectivity index is 1.89. The van der Waals surface area contributed by atoms with E-state index < -0.39 is 11.5 Å². The molecule has 21 heavy (non-hydrogen) atoms. The third kappa shape index (κ3) is 4.17. The van der Waals surface area contributed by atoms with E-state index in [4.69, 9.17) is 0 Å². The first kappa shape index (κ1) is 16.2. The van der Waals surface area contributed by atoms with E-state index >= 15 is 0 Å². The number of thioether (sulfide) groups is 2. The SMILES string of the molecule is CC(SCc1ccccc1)C(=O)NC1(C(=O)O)CCSC1. The van der Waals surface area contributed by atoms with Gasteiger partial charge < -0.3 is 10.4 Å². The van der Waals surface area contributed by atoms with Gasteiger partial charge in [-0.2, -0.15) is 11.8 Å². The van der Waals surface area contributed by atoms with Crippen molar-refractivity contribution in [2.24, 2.45) is 0 Å². The third-order valence-electron chi connectivity index (χ3n) is 3.51. The Kier molecular flexibility index (Phi) is 5.58. The van der Waals surface area contributed by atoms with Gasteiger partial charge in [-0.1, -0.05) is 30.3 Å². The highest BCUT2D eigenvalue weighted by atomic mass is 32.2. The summed E-state index contributed by atoms with van der Waals surface area (Å²) in [5.74, 6) is 0.842. The Morgan fingerprint density at radius 3 is 2.71 bits per heavy atom. The fourth-order valence-corrected chi connectivity index (χ4v) is 4.27. The van der Waals surface area contributed by atoms with Gasteiger partial charge >= 0.3 is 5.97 Å². The number of hydrogen-bond acceptors (Lipinski definition) is 4.